The van der Waals surface area contributed by atoms with Crippen molar-refractivity contribution in [2.45, 2.75) is 38.8 Å². The predicted octanol–water partition coefficient (Wildman–Crippen LogP) is -1.11. The lowest BCUT2D eigenvalue weighted by atomic mass is 9.95. The molecule has 0 aromatic rings. The Hall–Kier alpha value is -1.59. The second-order valence-electron chi connectivity index (χ2n) is 4.10. The molecular weight excluding hydrogens is 210 g/mol. The van der Waals surface area contributed by atoms with Crippen LogP contribution in [0.5, 0.6) is 0 Å². The minimum Gasteiger partial charge on any atom is -0.370 e. The standard InChI is InChI=1S/C10H17N3O3/c1-3-5(2)8-10(16)12-6(4-7(11)14)9(15)13-8/h5-6,8H,3-4H2,1-2H3,(H2,11,14)(H,12,16)(H,13,15)/t5-,6-,8-/m0/s1. The van der Waals surface area contributed by atoms with E-state index in [4.69, 9.17) is 5.73 Å². The maximum absolute atomic E-state index is 11.7. The molecule has 0 radical (unpaired) electrons. The van der Waals surface area contributed by atoms with Gasteiger partial charge in [-0.05, 0) is 5.92 Å². The average Bonchev–Trinajstić information content (AvgIpc) is 2.21. The van der Waals surface area contributed by atoms with E-state index in [2.05, 4.69) is 10.6 Å². The number of amides is 3. The number of primary amides is 1. The third-order valence-electron chi connectivity index (χ3n) is 2.83. The average molecular weight is 227 g/mol. The maximum atomic E-state index is 11.7. The van der Waals surface area contributed by atoms with Crippen molar-refractivity contribution in [2.75, 3.05) is 0 Å². The van der Waals surface area contributed by atoms with Crippen LogP contribution in [0.2, 0.25) is 0 Å². The van der Waals surface area contributed by atoms with Gasteiger partial charge >= 0.3 is 0 Å². The predicted molar refractivity (Wildman–Crippen MR) is 57.1 cm³/mol. The summed E-state index contributed by atoms with van der Waals surface area (Å²) in [7, 11) is 0. The first-order valence-electron chi connectivity index (χ1n) is 5.34. The van der Waals surface area contributed by atoms with Crippen LogP contribution < -0.4 is 16.4 Å². The van der Waals surface area contributed by atoms with Gasteiger partial charge in [-0.1, -0.05) is 20.3 Å². The molecule has 16 heavy (non-hydrogen) atoms. The first-order chi connectivity index (χ1) is 7.45. The molecule has 1 aliphatic heterocycles. The summed E-state index contributed by atoms with van der Waals surface area (Å²) in [6.45, 7) is 3.83. The van der Waals surface area contributed by atoms with Crippen LogP contribution >= 0.6 is 0 Å². The molecule has 6 nitrogen and oxygen atoms in total. The van der Waals surface area contributed by atoms with E-state index in [-0.39, 0.29) is 24.2 Å². The van der Waals surface area contributed by atoms with Crippen LogP contribution in [-0.4, -0.2) is 29.8 Å². The van der Waals surface area contributed by atoms with Gasteiger partial charge < -0.3 is 16.4 Å². The molecule has 3 amide bonds. The molecule has 1 rings (SSSR count). The molecule has 0 aromatic carbocycles. The van der Waals surface area contributed by atoms with Gasteiger partial charge in [0.1, 0.15) is 12.1 Å². The van der Waals surface area contributed by atoms with Gasteiger partial charge in [-0.3, -0.25) is 14.4 Å². The Morgan fingerprint density at radius 3 is 2.50 bits per heavy atom. The number of carbonyl (C=O) groups is 3. The summed E-state index contributed by atoms with van der Waals surface area (Å²) in [6.07, 6.45) is 0.629. The third kappa shape index (κ3) is 2.71. The van der Waals surface area contributed by atoms with Crippen LogP contribution in [0.3, 0.4) is 0 Å². The van der Waals surface area contributed by atoms with E-state index in [1.807, 2.05) is 13.8 Å². The van der Waals surface area contributed by atoms with E-state index < -0.39 is 18.0 Å². The topological polar surface area (TPSA) is 101 Å². The Bertz CT molecular complexity index is 316. The normalized spacial score (nSPS) is 26.9. The fourth-order valence-electron chi connectivity index (χ4n) is 1.63. The van der Waals surface area contributed by atoms with E-state index in [9.17, 15) is 14.4 Å². The van der Waals surface area contributed by atoms with Crippen LogP contribution in [0, 0.1) is 5.92 Å². The van der Waals surface area contributed by atoms with Crippen molar-refractivity contribution in [2.24, 2.45) is 11.7 Å². The molecule has 6 heteroatoms. The number of nitrogens with one attached hydrogen (secondary N) is 2. The highest BCUT2D eigenvalue weighted by molar-refractivity contribution is 5.99. The van der Waals surface area contributed by atoms with Crippen LogP contribution in [0.1, 0.15) is 26.7 Å². The highest BCUT2D eigenvalue weighted by atomic mass is 16.2. The maximum Gasteiger partial charge on any atom is 0.243 e. The van der Waals surface area contributed by atoms with E-state index in [0.29, 0.717) is 0 Å². The molecule has 0 aliphatic carbocycles. The Morgan fingerprint density at radius 2 is 2.00 bits per heavy atom. The van der Waals surface area contributed by atoms with Crippen molar-refractivity contribution in [1.29, 1.82) is 0 Å². The van der Waals surface area contributed by atoms with E-state index in [1.165, 1.54) is 0 Å². The Morgan fingerprint density at radius 1 is 1.38 bits per heavy atom. The summed E-state index contributed by atoms with van der Waals surface area (Å²) in [4.78, 5) is 33.9. The monoisotopic (exact) mass is 227 g/mol. The molecule has 0 bridgehead atoms. The molecule has 1 aliphatic rings. The highest BCUT2D eigenvalue weighted by Gasteiger charge is 2.36. The van der Waals surface area contributed by atoms with Gasteiger partial charge in [0.2, 0.25) is 17.7 Å². The molecule has 0 aromatic heterocycles. The zero-order chi connectivity index (χ0) is 12.3. The SMILES string of the molecule is CC[C@H](C)[C@@H]1NC(=O)[C@H](CC(N)=O)NC1=O. The summed E-state index contributed by atoms with van der Waals surface area (Å²) in [5.74, 6) is -1.13. The molecule has 90 valence electrons. The molecular formula is C10H17N3O3. The van der Waals surface area contributed by atoms with Crippen molar-refractivity contribution in [3.05, 3.63) is 0 Å². The van der Waals surface area contributed by atoms with Crippen molar-refractivity contribution < 1.29 is 14.4 Å². The summed E-state index contributed by atoms with van der Waals surface area (Å²) < 4.78 is 0. The summed E-state index contributed by atoms with van der Waals surface area (Å²) in [6, 6.07) is -1.34. The van der Waals surface area contributed by atoms with Gasteiger partial charge in [0.15, 0.2) is 0 Å². The molecule has 1 heterocycles. The minimum atomic E-state index is -0.828. The van der Waals surface area contributed by atoms with E-state index in [0.717, 1.165) is 6.42 Å². The summed E-state index contributed by atoms with van der Waals surface area (Å²) in [5, 5.41) is 5.12. The zero-order valence-corrected chi connectivity index (χ0v) is 9.45. The highest BCUT2D eigenvalue weighted by Crippen LogP contribution is 2.12. The van der Waals surface area contributed by atoms with Crippen molar-refractivity contribution in [3.63, 3.8) is 0 Å². The molecule has 1 fully saturated rings. The fraction of sp³-hybridized carbons (Fsp3) is 0.700. The number of hydrogen-bond acceptors (Lipinski definition) is 3. The van der Waals surface area contributed by atoms with E-state index >= 15 is 0 Å². The quantitative estimate of drug-likeness (QED) is 0.567. The molecule has 1 saturated heterocycles. The van der Waals surface area contributed by atoms with Crippen molar-refractivity contribution in [1.82, 2.24) is 10.6 Å². The zero-order valence-electron chi connectivity index (χ0n) is 9.45. The second-order valence-corrected chi connectivity index (χ2v) is 4.10. The Labute approximate surface area is 93.9 Å². The van der Waals surface area contributed by atoms with Crippen molar-refractivity contribution in [3.8, 4) is 0 Å². The first-order valence-corrected chi connectivity index (χ1v) is 5.34. The van der Waals surface area contributed by atoms with Crippen molar-refractivity contribution >= 4 is 17.7 Å². The van der Waals surface area contributed by atoms with Gasteiger partial charge in [0.05, 0.1) is 6.42 Å². The lowest BCUT2D eigenvalue weighted by molar-refractivity contribution is -0.139. The number of rotatable bonds is 4. The van der Waals surface area contributed by atoms with Crippen LogP contribution in [-0.2, 0) is 14.4 Å². The Balaban J connectivity index is 2.67. The summed E-state index contributed by atoms with van der Waals surface area (Å²) >= 11 is 0. The number of nitrogens with two attached hydrogens (primary N) is 1. The van der Waals surface area contributed by atoms with Crippen LogP contribution in [0.4, 0.5) is 0 Å². The molecule has 0 unspecified atom stereocenters. The number of hydrogen-bond donors (Lipinski definition) is 3. The number of carbonyl (C=O) groups excluding carboxylic acids is 3. The van der Waals surface area contributed by atoms with Crippen LogP contribution in [0.25, 0.3) is 0 Å². The van der Waals surface area contributed by atoms with Gasteiger partial charge in [-0.2, -0.15) is 0 Å². The Kier molecular flexibility index (Phi) is 3.87. The van der Waals surface area contributed by atoms with Gasteiger partial charge in [-0.15, -0.1) is 0 Å². The molecule has 4 N–H and O–H groups in total. The number of piperazine rings is 1. The fourth-order valence-corrected chi connectivity index (χ4v) is 1.63. The second kappa shape index (κ2) is 4.96. The summed E-state index contributed by atoms with van der Waals surface area (Å²) in [5.41, 5.74) is 4.98. The smallest absolute Gasteiger partial charge is 0.243 e. The van der Waals surface area contributed by atoms with E-state index in [1.54, 1.807) is 0 Å². The van der Waals surface area contributed by atoms with Gasteiger partial charge in [-0.25, -0.2) is 0 Å². The lowest BCUT2D eigenvalue weighted by Crippen LogP contribution is -2.64. The molecule has 0 spiro atoms. The molecule has 0 saturated carbocycles. The lowest BCUT2D eigenvalue weighted by Gasteiger charge is -2.32. The first kappa shape index (κ1) is 12.5. The van der Waals surface area contributed by atoms with Gasteiger partial charge in [0, 0.05) is 0 Å². The minimum absolute atomic E-state index is 0.0680. The largest absolute Gasteiger partial charge is 0.370 e. The van der Waals surface area contributed by atoms with Gasteiger partial charge in [0.25, 0.3) is 0 Å². The third-order valence-corrected chi connectivity index (χ3v) is 2.83. The molecule has 3 atom stereocenters. The van der Waals surface area contributed by atoms with Crippen LogP contribution in [0.15, 0.2) is 0 Å².